The molecule has 4 nitrogen and oxygen atoms in total. The van der Waals surface area contributed by atoms with Crippen LogP contribution in [0.2, 0.25) is 0 Å². The smallest absolute Gasteiger partial charge is 0.387 e. The van der Waals surface area contributed by atoms with E-state index in [1.807, 2.05) is 0 Å². The predicted molar refractivity (Wildman–Crippen MR) is 86.9 cm³/mol. The maximum Gasteiger partial charge on any atom is 0.387 e. The van der Waals surface area contributed by atoms with Crippen LogP contribution in [-0.2, 0) is 10.2 Å². The Hall–Kier alpha value is -2.13. The van der Waals surface area contributed by atoms with Crippen LogP contribution in [-0.4, -0.2) is 38.3 Å². The van der Waals surface area contributed by atoms with Crippen molar-refractivity contribution in [1.29, 1.82) is 5.26 Å². The van der Waals surface area contributed by atoms with Crippen molar-refractivity contribution in [2.75, 3.05) is 26.7 Å². The molecule has 0 spiro atoms. The van der Waals surface area contributed by atoms with Crippen molar-refractivity contribution < 1.29 is 18.3 Å². The van der Waals surface area contributed by atoms with Crippen molar-refractivity contribution in [3.8, 4) is 11.8 Å². The molecular formula is C18H22F2N2O2. The maximum atomic E-state index is 12.4. The van der Waals surface area contributed by atoms with Crippen LogP contribution in [0.5, 0.6) is 5.75 Å². The number of rotatable bonds is 6. The molecule has 1 aromatic rings. The van der Waals surface area contributed by atoms with Gasteiger partial charge < -0.3 is 9.47 Å². The van der Waals surface area contributed by atoms with Crippen LogP contribution in [0.3, 0.4) is 0 Å². The van der Waals surface area contributed by atoms with Crippen LogP contribution >= 0.6 is 0 Å². The quantitative estimate of drug-likeness (QED) is 0.745. The highest BCUT2D eigenvalue weighted by Crippen LogP contribution is 2.37. The molecule has 1 fully saturated rings. The molecule has 1 saturated heterocycles. The summed E-state index contributed by atoms with van der Waals surface area (Å²) in [4.78, 5) is 2.20. The summed E-state index contributed by atoms with van der Waals surface area (Å²) in [5.74, 6) is 0.847. The molecule has 0 unspecified atom stereocenters. The number of halogens is 2. The number of benzene rings is 1. The Morgan fingerprint density at radius 3 is 2.58 bits per heavy atom. The molecule has 0 radical (unpaired) electrons. The zero-order valence-electron chi connectivity index (χ0n) is 14.0. The van der Waals surface area contributed by atoms with Crippen molar-refractivity contribution >= 4 is 0 Å². The highest BCUT2D eigenvalue weighted by molar-refractivity contribution is 5.42. The second-order valence-corrected chi connectivity index (χ2v) is 6.07. The number of aryl methyl sites for hydroxylation is 1. The molecular weight excluding hydrogens is 314 g/mol. The number of hydrogen-bond donors (Lipinski definition) is 0. The van der Waals surface area contributed by atoms with Crippen molar-refractivity contribution in [1.82, 2.24) is 4.90 Å². The molecule has 0 N–H and O–H groups in total. The van der Waals surface area contributed by atoms with Crippen LogP contribution < -0.4 is 4.74 Å². The van der Waals surface area contributed by atoms with Gasteiger partial charge in [0.25, 0.3) is 0 Å². The molecule has 1 heterocycles. The van der Waals surface area contributed by atoms with E-state index < -0.39 is 12.0 Å². The summed E-state index contributed by atoms with van der Waals surface area (Å²) in [6.07, 6.45) is 1.35. The second-order valence-electron chi connectivity index (χ2n) is 6.07. The summed E-state index contributed by atoms with van der Waals surface area (Å²) in [5, 5.41) is 9.75. The SMILES string of the molecule is C=C(CN1CCC(C#N)(c2ccc(OC(F)F)c(C)c2)CC1)OC. The Morgan fingerprint density at radius 1 is 1.42 bits per heavy atom. The maximum absolute atomic E-state index is 12.4. The first kappa shape index (κ1) is 18.2. The number of nitrogens with zero attached hydrogens (tertiary/aromatic N) is 2. The van der Waals surface area contributed by atoms with E-state index in [9.17, 15) is 14.0 Å². The Bertz CT molecular complexity index is 632. The molecule has 0 aromatic heterocycles. The lowest BCUT2D eigenvalue weighted by molar-refractivity contribution is -0.0503. The average molecular weight is 336 g/mol. The zero-order chi connectivity index (χ0) is 17.7. The van der Waals surface area contributed by atoms with Crippen molar-refractivity contribution in [2.24, 2.45) is 0 Å². The topological polar surface area (TPSA) is 45.5 Å². The lowest BCUT2D eigenvalue weighted by Crippen LogP contribution is -2.42. The Balaban J connectivity index is 2.13. The normalized spacial score (nSPS) is 17.3. The highest BCUT2D eigenvalue weighted by atomic mass is 19.3. The average Bonchev–Trinajstić information content (AvgIpc) is 2.57. The molecule has 2 rings (SSSR count). The molecule has 1 aliphatic heterocycles. The van der Waals surface area contributed by atoms with Gasteiger partial charge >= 0.3 is 6.61 Å². The number of likely N-dealkylation sites (tertiary alicyclic amines) is 1. The third-order valence-corrected chi connectivity index (χ3v) is 4.56. The first-order valence-corrected chi connectivity index (χ1v) is 7.81. The number of nitriles is 1. The minimum absolute atomic E-state index is 0.149. The fourth-order valence-electron chi connectivity index (χ4n) is 3.05. The molecule has 6 heteroatoms. The Morgan fingerprint density at radius 2 is 2.08 bits per heavy atom. The van der Waals surface area contributed by atoms with Gasteiger partial charge in [0.1, 0.15) is 11.5 Å². The van der Waals surface area contributed by atoms with Gasteiger partial charge in [-0.05, 0) is 37.0 Å². The van der Waals surface area contributed by atoms with Gasteiger partial charge in [-0.1, -0.05) is 18.7 Å². The van der Waals surface area contributed by atoms with E-state index in [4.69, 9.17) is 4.74 Å². The number of piperidine rings is 1. The van der Waals surface area contributed by atoms with Crippen LogP contribution in [0.4, 0.5) is 8.78 Å². The predicted octanol–water partition coefficient (Wildman–Crippen LogP) is 3.61. The first-order chi connectivity index (χ1) is 11.4. The summed E-state index contributed by atoms with van der Waals surface area (Å²) in [5.41, 5.74) is 0.867. The fourth-order valence-corrected chi connectivity index (χ4v) is 3.05. The molecule has 0 bridgehead atoms. The molecule has 24 heavy (non-hydrogen) atoms. The molecule has 0 saturated carbocycles. The standard InChI is InChI=1S/C18H22F2N2O2/c1-13-10-15(4-5-16(13)24-17(19)20)18(12-21)6-8-22(9-7-18)11-14(2)23-3/h4-5,10,17H,2,6-9,11H2,1,3H3. The molecule has 0 amide bonds. The fraction of sp³-hybridized carbons (Fsp3) is 0.500. The first-order valence-electron chi connectivity index (χ1n) is 7.81. The number of alkyl halides is 2. The van der Waals surface area contributed by atoms with Gasteiger partial charge in [0, 0.05) is 13.1 Å². The van der Waals surface area contributed by atoms with E-state index in [0.29, 0.717) is 30.7 Å². The molecule has 1 aromatic carbocycles. The Labute approximate surface area is 141 Å². The summed E-state index contributed by atoms with van der Waals surface area (Å²) < 4.78 is 34.3. The van der Waals surface area contributed by atoms with Gasteiger partial charge in [0.2, 0.25) is 0 Å². The molecule has 130 valence electrons. The second kappa shape index (κ2) is 7.63. The number of methoxy groups -OCH3 is 1. The van der Waals surface area contributed by atoms with E-state index in [0.717, 1.165) is 18.7 Å². The van der Waals surface area contributed by atoms with E-state index >= 15 is 0 Å². The van der Waals surface area contributed by atoms with Crippen LogP contribution in [0.15, 0.2) is 30.5 Å². The Kier molecular flexibility index (Phi) is 5.79. The minimum Gasteiger partial charge on any atom is -0.500 e. The van der Waals surface area contributed by atoms with Gasteiger partial charge in [-0.3, -0.25) is 4.90 Å². The molecule has 1 aliphatic rings. The van der Waals surface area contributed by atoms with E-state index in [1.54, 1.807) is 26.2 Å². The summed E-state index contributed by atoms with van der Waals surface area (Å²) in [7, 11) is 1.59. The number of ether oxygens (including phenoxy) is 2. The summed E-state index contributed by atoms with van der Waals surface area (Å²) in [6.45, 7) is 4.84. The lowest BCUT2D eigenvalue weighted by Gasteiger charge is -2.37. The van der Waals surface area contributed by atoms with Crippen LogP contribution in [0, 0.1) is 18.3 Å². The third kappa shape index (κ3) is 4.04. The van der Waals surface area contributed by atoms with Crippen molar-refractivity contribution in [2.45, 2.75) is 31.8 Å². The monoisotopic (exact) mass is 336 g/mol. The van der Waals surface area contributed by atoms with Gasteiger partial charge in [0.15, 0.2) is 0 Å². The summed E-state index contributed by atoms with van der Waals surface area (Å²) >= 11 is 0. The van der Waals surface area contributed by atoms with E-state index in [2.05, 4.69) is 22.3 Å². The zero-order valence-corrected chi connectivity index (χ0v) is 14.0. The highest BCUT2D eigenvalue weighted by Gasteiger charge is 2.37. The van der Waals surface area contributed by atoms with Gasteiger partial charge in [-0.15, -0.1) is 0 Å². The number of hydrogen-bond acceptors (Lipinski definition) is 4. The third-order valence-electron chi connectivity index (χ3n) is 4.56. The molecule has 0 atom stereocenters. The van der Waals surface area contributed by atoms with E-state index in [1.165, 1.54) is 6.07 Å². The lowest BCUT2D eigenvalue weighted by atomic mass is 9.73. The van der Waals surface area contributed by atoms with Crippen molar-refractivity contribution in [3.63, 3.8) is 0 Å². The van der Waals surface area contributed by atoms with Gasteiger partial charge in [-0.25, -0.2) is 0 Å². The van der Waals surface area contributed by atoms with Gasteiger partial charge in [-0.2, -0.15) is 14.0 Å². The van der Waals surface area contributed by atoms with Crippen molar-refractivity contribution in [3.05, 3.63) is 41.7 Å². The van der Waals surface area contributed by atoms with Crippen LogP contribution in [0.25, 0.3) is 0 Å². The van der Waals surface area contributed by atoms with Crippen LogP contribution in [0.1, 0.15) is 24.0 Å². The van der Waals surface area contributed by atoms with E-state index in [-0.39, 0.29) is 5.75 Å². The largest absolute Gasteiger partial charge is 0.500 e. The van der Waals surface area contributed by atoms with Gasteiger partial charge in [0.05, 0.1) is 25.1 Å². The summed E-state index contributed by atoms with van der Waals surface area (Å²) in [6, 6.07) is 7.46. The minimum atomic E-state index is -2.85. The molecule has 0 aliphatic carbocycles.